The number of hydrogen-bond acceptors (Lipinski definition) is 3. The predicted octanol–water partition coefficient (Wildman–Crippen LogP) is 1.81. The summed E-state index contributed by atoms with van der Waals surface area (Å²) in [6, 6.07) is 8.14. The van der Waals surface area contributed by atoms with Crippen LogP contribution >= 0.6 is 15.9 Å². The summed E-state index contributed by atoms with van der Waals surface area (Å²) in [5.74, 6) is 0.943. The minimum Gasteiger partial charge on any atom is -0.313 e. The van der Waals surface area contributed by atoms with Gasteiger partial charge in [-0.05, 0) is 18.7 Å². The normalized spacial score (nSPS) is 10.6. The fraction of sp³-hybridized carbons (Fsp3) is 0.273. The summed E-state index contributed by atoms with van der Waals surface area (Å²) >= 11 is 3.53. The highest BCUT2D eigenvalue weighted by molar-refractivity contribution is 9.10. The van der Waals surface area contributed by atoms with Crippen molar-refractivity contribution in [2.24, 2.45) is 0 Å². The molecule has 0 spiro atoms. The molecule has 4 nitrogen and oxygen atoms in total. The van der Waals surface area contributed by atoms with E-state index in [9.17, 15) is 0 Å². The number of hydrogen-bond donors (Lipinski definition) is 1. The third-order valence-corrected chi connectivity index (χ3v) is 3.08. The third kappa shape index (κ3) is 2.48. The largest absolute Gasteiger partial charge is 0.313 e. The van der Waals surface area contributed by atoms with Crippen molar-refractivity contribution >= 4 is 15.9 Å². The summed E-state index contributed by atoms with van der Waals surface area (Å²) < 4.78 is 3.00. The van der Waals surface area contributed by atoms with Gasteiger partial charge < -0.3 is 5.32 Å². The smallest absolute Gasteiger partial charge is 0.141 e. The van der Waals surface area contributed by atoms with Crippen LogP contribution in [0, 0.1) is 0 Å². The molecule has 5 heteroatoms. The molecule has 0 aliphatic carbocycles. The molecule has 0 radical (unpaired) electrons. The lowest BCUT2D eigenvalue weighted by molar-refractivity contribution is 0.612. The highest BCUT2D eigenvalue weighted by atomic mass is 79.9. The van der Waals surface area contributed by atoms with Gasteiger partial charge in [0.15, 0.2) is 0 Å². The van der Waals surface area contributed by atoms with Crippen LogP contribution in [0.2, 0.25) is 0 Å². The first-order valence-corrected chi connectivity index (χ1v) is 5.85. The Hall–Kier alpha value is -1.20. The lowest BCUT2D eigenvalue weighted by atomic mass is 10.2. The summed E-state index contributed by atoms with van der Waals surface area (Å²) in [5.41, 5.74) is 1.20. The van der Waals surface area contributed by atoms with E-state index in [0.717, 1.165) is 23.4 Å². The Balaban J connectivity index is 2.20. The van der Waals surface area contributed by atoms with E-state index in [1.54, 1.807) is 6.33 Å². The van der Waals surface area contributed by atoms with Crippen molar-refractivity contribution in [2.75, 3.05) is 7.05 Å². The van der Waals surface area contributed by atoms with Crippen LogP contribution in [0.3, 0.4) is 0 Å². The van der Waals surface area contributed by atoms with E-state index in [0.29, 0.717) is 0 Å². The van der Waals surface area contributed by atoms with Crippen LogP contribution in [-0.4, -0.2) is 21.8 Å². The molecular weight excluding hydrogens is 268 g/mol. The summed E-state index contributed by atoms with van der Waals surface area (Å²) in [4.78, 5) is 4.21. The Bertz CT molecular complexity index is 467. The molecule has 1 N–H and O–H groups in total. The van der Waals surface area contributed by atoms with Crippen molar-refractivity contribution in [1.82, 2.24) is 20.1 Å². The minimum atomic E-state index is 0.727. The van der Waals surface area contributed by atoms with Crippen LogP contribution in [-0.2, 0) is 13.1 Å². The number of halogens is 1. The van der Waals surface area contributed by atoms with Crippen molar-refractivity contribution in [1.29, 1.82) is 0 Å². The molecule has 0 aliphatic heterocycles. The van der Waals surface area contributed by atoms with E-state index >= 15 is 0 Å². The van der Waals surface area contributed by atoms with Crippen molar-refractivity contribution in [2.45, 2.75) is 13.1 Å². The Morgan fingerprint density at radius 1 is 1.38 bits per heavy atom. The fourth-order valence-corrected chi connectivity index (χ4v) is 1.91. The second kappa shape index (κ2) is 5.23. The van der Waals surface area contributed by atoms with Gasteiger partial charge in [-0.1, -0.05) is 34.1 Å². The molecule has 0 bridgehead atoms. The van der Waals surface area contributed by atoms with Crippen LogP contribution < -0.4 is 5.32 Å². The zero-order chi connectivity index (χ0) is 11.4. The SMILES string of the molecule is CNCc1ncnn1Cc1ccccc1Br. The average Bonchev–Trinajstić information content (AvgIpc) is 2.70. The topological polar surface area (TPSA) is 42.7 Å². The van der Waals surface area contributed by atoms with Gasteiger partial charge in [0.1, 0.15) is 12.2 Å². The minimum absolute atomic E-state index is 0.727. The van der Waals surface area contributed by atoms with Crippen molar-refractivity contribution in [3.8, 4) is 0 Å². The molecule has 0 aliphatic rings. The van der Waals surface area contributed by atoms with Gasteiger partial charge in [-0.15, -0.1) is 0 Å². The summed E-state index contributed by atoms with van der Waals surface area (Å²) in [7, 11) is 1.90. The molecule has 0 fully saturated rings. The highest BCUT2D eigenvalue weighted by Gasteiger charge is 2.05. The van der Waals surface area contributed by atoms with Crippen molar-refractivity contribution < 1.29 is 0 Å². The Morgan fingerprint density at radius 3 is 2.94 bits per heavy atom. The quantitative estimate of drug-likeness (QED) is 0.929. The zero-order valence-corrected chi connectivity index (χ0v) is 10.6. The molecule has 0 saturated carbocycles. The molecule has 2 aromatic rings. The molecule has 1 aromatic carbocycles. The molecular formula is C11H13BrN4. The molecule has 0 atom stereocenters. The molecule has 0 saturated heterocycles. The van der Waals surface area contributed by atoms with Crippen molar-refractivity contribution in [3.05, 3.63) is 46.5 Å². The maximum Gasteiger partial charge on any atom is 0.141 e. The molecule has 1 heterocycles. The molecule has 16 heavy (non-hydrogen) atoms. The lowest BCUT2D eigenvalue weighted by Crippen LogP contribution is -2.14. The first kappa shape index (κ1) is 11.3. The van der Waals surface area contributed by atoms with Gasteiger partial charge in [0.2, 0.25) is 0 Å². The molecule has 2 rings (SSSR count). The fourth-order valence-electron chi connectivity index (χ4n) is 1.50. The van der Waals surface area contributed by atoms with Gasteiger partial charge in [-0.25, -0.2) is 9.67 Å². The van der Waals surface area contributed by atoms with Crippen molar-refractivity contribution in [3.63, 3.8) is 0 Å². The first-order valence-electron chi connectivity index (χ1n) is 5.06. The van der Waals surface area contributed by atoms with E-state index < -0.39 is 0 Å². The summed E-state index contributed by atoms with van der Waals surface area (Å²) in [5, 5.41) is 7.29. The van der Waals surface area contributed by atoms with E-state index in [2.05, 4.69) is 37.4 Å². The second-order valence-corrected chi connectivity index (χ2v) is 4.31. The van der Waals surface area contributed by atoms with Gasteiger partial charge in [0.05, 0.1) is 13.1 Å². The van der Waals surface area contributed by atoms with Gasteiger partial charge >= 0.3 is 0 Å². The van der Waals surface area contributed by atoms with Crippen LogP contribution in [0.25, 0.3) is 0 Å². The second-order valence-electron chi connectivity index (χ2n) is 3.46. The van der Waals surface area contributed by atoms with E-state index in [-0.39, 0.29) is 0 Å². The van der Waals surface area contributed by atoms with Gasteiger partial charge in [-0.2, -0.15) is 5.10 Å². The maximum atomic E-state index is 4.22. The van der Waals surface area contributed by atoms with Gasteiger partial charge in [0, 0.05) is 4.47 Å². The average molecular weight is 281 g/mol. The first-order chi connectivity index (χ1) is 7.81. The number of aromatic nitrogens is 3. The number of benzene rings is 1. The molecule has 0 unspecified atom stereocenters. The Morgan fingerprint density at radius 2 is 2.19 bits per heavy atom. The Kier molecular flexibility index (Phi) is 3.69. The highest BCUT2D eigenvalue weighted by Crippen LogP contribution is 2.16. The van der Waals surface area contributed by atoms with E-state index in [1.807, 2.05) is 29.9 Å². The molecule has 1 aromatic heterocycles. The Labute approximate surface area is 103 Å². The zero-order valence-electron chi connectivity index (χ0n) is 9.02. The van der Waals surface area contributed by atoms with Gasteiger partial charge in [-0.3, -0.25) is 0 Å². The van der Waals surface area contributed by atoms with Crippen LogP contribution in [0.4, 0.5) is 0 Å². The lowest BCUT2D eigenvalue weighted by Gasteiger charge is -2.07. The molecule has 0 amide bonds. The summed E-state index contributed by atoms with van der Waals surface area (Å²) in [6.07, 6.45) is 1.59. The monoisotopic (exact) mass is 280 g/mol. The van der Waals surface area contributed by atoms with Crippen LogP contribution in [0.1, 0.15) is 11.4 Å². The van der Waals surface area contributed by atoms with E-state index in [1.165, 1.54) is 5.56 Å². The van der Waals surface area contributed by atoms with Crippen LogP contribution in [0.5, 0.6) is 0 Å². The summed E-state index contributed by atoms with van der Waals surface area (Å²) in [6.45, 7) is 1.46. The maximum absolute atomic E-state index is 4.22. The predicted molar refractivity (Wildman–Crippen MR) is 66.0 cm³/mol. The van der Waals surface area contributed by atoms with Gasteiger partial charge in [0.25, 0.3) is 0 Å². The third-order valence-electron chi connectivity index (χ3n) is 2.31. The standard InChI is InChI=1S/C11H13BrN4/c1-13-6-11-14-8-15-16(11)7-9-4-2-3-5-10(9)12/h2-5,8,13H,6-7H2,1H3. The number of rotatable bonds is 4. The van der Waals surface area contributed by atoms with Crippen LogP contribution in [0.15, 0.2) is 35.1 Å². The van der Waals surface area contributed by atoms with E-state index in [4.69, 9.17) is 0 Å². The number of nitrogens with zero attached hydrogens (tertiary/aromatic N) is 3. The number of nitrogens with one attached hydrogen (secondary N) is 1. The molecule has 84 valence electrons.